The molecule has 138 valence electrons. The van der Waals surface area contributed by atoms with E-state index in [1.807, 2.05) is 0 Å². The van der Waals surface area contributed by atoms with Crippen molar-refractivity contribution < 1.29 is 22.9 Å². The van der Waals surface area contributed by atoms with Crippen molar-refractivity contribution in [2.45, 2.75) is 6.18 Å². The number of halogens is 3. The summed E-state index contributed by atoms with van der Waals surface area (Å²) in [7, 11) is 0. The summed E-state index contributed by atoms with van der Waals surface area (Å²) in [5.74, 6) is -0.911. The van der Waals surface area contributed by atoms with Gasteiger partial charge in [0.1, 0.15) is 11.6 Å². The van der Waals surface area contributed by atoms with Gasteiger partial charge < -0.3 is 10.6 Å². The molecule has 0 aliphatic rings. The van der Waals surface area contributed by atoms with E-state index in [-0.39, 0.29) is 11.4 Å². The number of rotatable bonds is 5. The second-order valence-corrected chi connectivity index (χ2v) is 5.15. The summed E-state index contributed by atoms with van der Waals surface area (Å²) < 4.78 is 38.1. The molecule has 2 aromatic rings. The first-order valence-electron chi connectivity index (χ1n) is 7.30. The summed E-state index contributed by atoms with van der Waals surface area (Å²) in [5, 5.41) is 24.5. The minimum Gasteiger partial charge on any atom is -0.360 e. The lowest BCUT2D eigenvalue weighted by atomic mass is 10.2. The summed E-state index contributed by atoms with van der Waals surface area (Å²) in [6.07, 6.45) is -3.52. The van der Waals surface area contributed by atoms with Crippen LogP contribution in [0.2, 0.25) is 0 Å². The number of nitrogens with zero attached hydrogens (tertiary/aromatic N) is 2. The minimum atomic E-state index is -4.56. The lowest BCUT2D eigenvalue weighted by Gasteiger charge is -2.09. The molecule has 1 amide bonds. The van der Waals surface area contributed by atoms with Gasteiger partial charge in [-0.3, -0.25) is 14.9 Å². The van der Waals surface area contributed by atoms with Crippen molar-refractivity contribution in [3.8, 4) is 6.07 Å². The molecule has 0 spiro atoms. The second kappa shape index (κ2) is 8.01. The lowest BCUT2D eigenvalue weighted by molar-refractivity contribution is -0.384. The molecule has 0 saturated heterocycles. The van der Waals surface area contributed by atoms with Crippen LogP contribution in [0.5, 0.6) is 0 Å². The summed E-state index contributed by atoms with van der Waals surface area (Å²) in [5.41, 5.74) is -1.21. The maximum absolute atomic E-state index is 12.7. The van der Waals surface area contributed by atoms with Gasteiger partial charge in [0.25, 0.3) is 11.6 Å². The molecule has 2 rings (SSSR count). The Bertz CT molecular complexity index is 932. The Hall–Kier alpha value is -3.87. The van der Waals surface area contributed by atoms with Crippen LogP contribution in [0.4, 0.5) is 30.2 Å². The van der Waals surface area contributed by atoms with Gasteiger partial charge in [0, 0.05) is 29.7 Å². The summed E-state index contributed by atoms with van der Waals surface area (Å²) in [6, 6.07) is 10.8. The van der Waals surface area contributed by atoms with Crippen molar-refractivity contribution in [3.05, 3.63) is 76.0 Å². The van der Waals surface area contributed by atoms with E-state index in [4.69, 9.17) is 5.26 Å². The number of carbonyl (C=O) groups excluding carboxylic acids is 1. The highest BCUT2D eigenvalue weighted by Gasteiger charge is 2.30. The number of nitriles is 1. The van der Waals surface area contributed by atoms with Gasteiger partial charge in [-0.2, -0.15) is 18.4 Å². The first-order valence-corrected chi connectivity index (χ1v) is 7.30. The molecule has 0 aliphatic heterocycles. The fourth-order valence-electron chi connectivity index (χ4n) is 1.96. The summed E-state index contributed by atoms with van der Waals surface area (Å²) >= 11 is 0. The van der Waals surface area contributed by atoms with Gasteiger partial charge in [-0.25, -0.2) is 0 Å². The van der Waals surface area contributed by atoms with E-state index in [1.54, 1.807) is 6.07 Å². The van der Waals surface area contributed by atoms with Gasteiger partial charge in [-0.15, -0.1) is 0 Å². The number of nitro groups is 1. The van der Waals surface area contributed by atoms with Crippen LogP contribution in [-0.2, 0) is 11.0 Å². The normalized spacial score (nSPS) is 11.4. The molecule has 0 fully saturated rings. The number of hydrogen-bond donors (Lipinski definition) is 2. The highest BCUT2D eigenvalue weighted by Crippen LogP contribution is 2.30. The molecule has 0 aliphatic carbocycles. The zero-order valence-corrected chi connectivity index (χ0v) is 13.4. The number of benzene rings is 2. The topological polar surface area (TPSA) is 108 Å². The van der Waals surface area contributed by atoms with Crippen molar-refractivity contribution in [3.63, 3.8) is 0 Å². The number of non-ortho nitro benzene ring substituents is 1. The Morgan fingerprint density at radius 2 is 1.81 bits per heavy atom. The number of amides is 1. The minimum absolute atomic E-state index is 0.119. The first-order chi connectivity index (χ1) is 12.7. The van der Waals surface area contributed by atoms with E-state index < -0.39 is 28.1 Å². The monoisotopic (exact) mass is 376 g/mol. The zero-order valence-electron chi connectivity index (χ0n) is 13.4. The van der Waals surface area contributed by atoms with Crippen LogP contribution in [0.1, 0.15) is 5.56 Å². The van der Waals surface area contributed by atoms with Gasteiger partial charge in [0.15, 0.2) is 0 Å². The Labute approximate surface area is 150 Å². The van der Waals surface area contributed by atoms with E-state index in [1.165, 1.54) is 30.3 Å². The molecule has 0 radical (unpaired) electrons. The quantitative estimate of drug-likeness (QED) is 0.354. The fraction of sp³-hybridized carbons (Fsp3) is 0.0588. The Balaban J connectivity index is 2.10. The number of nitro benzene ring substituents is 1. The predicted molar refractivity (Wildman–Crippen MR) is 90.5 cm³/mol. The molecule has 0 bridgehead atoms. The van der Waals surface area contributed by atoms with Crippen LogP contribution in [0.3, 0.4) is 0 Å². The smallest absolute Gasteiger partial charge is 0.360 e. The largest absolute Gasteiger partial charge is 0.416 e. The third kappa shape index (κ3) is 5.30. The average molecular weight is 376 g/mol. The van der Waals surface area contributed by atoms with Crippen LogP contribution < -0.4 is 10.6 Å². The standard InChI is InChI=1S/C17H11F3N4O3/c18-17(19,20)12-2-1-3-14(8-12)23-16(25)11(9-21)10-22-13-4-6-15(7-5-13)24(26)27/h1-8,10,22H,(H,23,25)/b11-10-. The number of carbonyl (C=O) groups is 1. The van der Waals surface area contributed by atoms with E-state index in [0.717, 1.165) is 24.4 Å². The van der Waals surface area contributed by atoms with E-state index in [2.05, 4.69) is 10.6 Å². The molecule has 2 aromatic carbocycles. The highest BCUT2D eigenvalue weighted by molar-refractivity contribution is 6.06. The molecule has 27 heavy (non-hydrogen) atoms. The zero-order chi connectivity index (χ0) is 20.0. The summed E-state index contributed by atoms with van der Waals surface area (Å²) in [6.45, 7) is 0. The van der Waals surface area contributed by atoms with Crippen LogP contribution in [0.15, 0.2) is 60.3 Å². The highest BCUT2D eigenvalue weighted by atomic mass is 19.4. The lowest BCUT2D eigenvalue weighted by Crippen LogP contribution is -2.15. The predicted octanol–water partition coefficient (Wildman–Crippen LogP) is 4.07. The molecule has 0 heterocycles. The van der Waals surface area contributed by atoms with E-state index >= 15 is 0 Å². The first kappa shape index (κ1) is 19.5. The van der Waals surface area contributed by atoms with Crippen molar-refractivity contribution in [1.29, 1.82) is 5.26 Å². The number of anilines is 2. The molecule has 0 unspecified atom stereocenters. The van der Waals surface area contributed by atoms with Gasteiger partial charge in [0.05, 0.1) is 10.5 Å². The van der Waals surface area contributed by atoms with Crippen molar-refractivity contribution in [2.24, 2.45) is 0 Å². The van der Waals surface area contributed by atoms with Crippen molar-refractivity contribution in [1.82, 2.24) is 0 Å². The number of hydrogen-bond acceptors (Lipinski definition) is 5. The van der Waals surface area contributed by atoms with Crippen LogP contribution in [-0.4, -0.2) is 10.8 Å². The Morgan fingerprint density at radius 3 is 2.37 bits per heavy atom. The molecular formula is C17H11F3N4O3. The van der Waals surface area contributed by atoms with Crippen molar-refractivity contribution >= 4 is 23.0 Å². The molecular weight excluding hydrogens is 365 g/mol. The van der Waals surface area contributed by atoms with Gasteiger partial charge in [-0.1, -0.05) is 6.07 Å². The SMILES string of the molecule is N#C/C(=C/Nc1ccc([N+](=O)[O-])cc1)C(=O)Nc1cccc(C(F)(F)F)c1. The van der Waals surface area contributed by atoms with Crippen LogP contribution >= 0.6 is 0 Å². The molecule has 2 N–H and O–H groups in total. The molecule has 0 saturated carbocycles. The van der Waals surface area contributed by atoms with Crippen LogP contribution in [0, 0.1) is 21.4 Å². The third-order valence-electron chi connectivity index (χ3n) is 3.27. The fourth-order valence-corrected chi connectivity index (χ4v) is 1.96. The molecule has 0 aromatic heterocycles. The maximum atomic E-state index is 12.7. The molecule has 0 atom stereocenters. The summed E-state index contributed by atoms with van der Waals surface area (Å²) in [4.78, 5) is 22.1. The Kier molecular flexibility index (Phi) is 5.77. The molecule has 10 heteroatoms. The van der Waals surface area contributed by atoms with Gasteiger partial charge in [-0.05, 0) is 30.3 Å². The average Bonchev–Trinajstić information content (AvgIpc) is 2.62. The van der Waals surface area contributed by atoms with Gasteiger partial charge in [0.2, 0.25) is 0 Å². The van der Waals surface area contributed by atoms with Crippen molar-refractivity contribution in [2.75, 3.05) is 10.6 Å². The number of alkyl halides is 3. The number of nitrogens with one attached hydrogen (secondary N) is 2. The second-order valence-electron chi connectivity index (χ2n) is 5.15. The van der Waals surface area contributed by atoms with Crippen LogP contribution in [0.25, 0.3) is 0 Å². The third-order valence-corrected chi connectivity index (χ3v) is 3.27. The molecule has 7 nitrogen and oxygen atoms in total. The maximum Gasteiger partial charge on any atom is 0.416 e. The van der Waals surface area contributed by atoms with E-state index in [0.29, 0.717) is 5.69 Å². The van der Waals surface area contributed by atoms with Gasteiger partial charge >= 0.3 is 6.18 Å². The Morgan fingerprint density at radius 1 is 1.15 bits per heavy atom. The van der Waals surface area contributed by atoms with E-state index in [9.17, 15) is 28.1 Å².